The Hall–Kier alpha value is -6.15. The molecule has 26 heteroatoms. The number of carbonyl (C=O) groups excluding carboxylic acids is 11. The van der Waals surface area contributed by atoms with Crippen LogP contribution < -0.4 is 59.7 Å². The van der Waals surface area contributed by atoms with E-state index in [1.54, 1.807) is 39.8 Å². The number of primary amides is 2. The van der Waals surface area contributed by atoms with Gasteiger partial charge in [-0.2, -0.15) is 0 Å². The minimum absolute atomic E-state index is 0.0417. The minimum atomic E-state index is -1.74. The molecule has 9 atom stereocenters. The second-order valence-electron chi connectivity index (χ2n) is 18.4. The first-order chi connectivity index (χ1) is 33.5. The van der Waals surface area contributed by atoms with Crippen molar-refractivity contribution in [1.29, 1.82) is 0 Å². The van der Waals surface area contributed by atoms with Gasteiger partial charge in [-0.25, -0.2) is 0 Å². The highest BCUT2D eigenvalue weighted by Crippen LogP contribution is 2.38. The monoisotopic (exact) mass is 1030 g/mol. The molecular weight excluding hydrogens is 965 g/mol. The second-order valence-corrected chi connectivity index (χ2v) is 21.4. The Morgan fingerprint density at radius 1 is 0.789 bits per heavy atom. The second kappa shape index (κ2) is 26.9. The van der Waals surface area contributed by atoms with Crippen LogP contribution in [0.25, 0.3) is 0 Å². The van der Waals surface area contributed by atoms with Gasteiger partial charge in [0, 0.05) is 36.4 Å². The lowest BCUT2D eigenvalue weighted by molar-refractivity contribution is -0.142. The molecule has 24 nitrogen and oxygen atoms in total. The summed E-state index contributed by atoms with van der Waals surface area (Å²) in [5, 5.41) is 30.9. The molecule has 3 fully saturated rings. The van der Waals surface area contributed by atoms with Crippen molar-refractivity contribution in [2.45, 2.75) is 145 Å². The molecule has 2 bridgehead atoms. The third kappa shape index (κ3) is 17.3. The van der Waals surface area contributed by atoms with Crippen molar-refractivity contribution in [3.63, 3.8) is 0 Å². The molecule has 0 unspecified atom stereocenters. The summed E-state index contributed by atoms with van der Waals surface area (Å²) in [5.74, 6) is -9.91. The van der Waals surface area contributed by atoms with Crippen molar-refractivity contribution in [1.82, 2.24) is 47.4 Å². The lowest BCUT2D eigenvalue weighted by Gasteiger charge is -2.33. The van der Waals surface area contributed by atoms with Crippen LogP contribution in [0.1, 0.15) is 91.0 Å². The number of aromatic hydroxyl groups is 1. The minimum Gasteiger partial charge on any atom is -0.508 e. The van der Waals surface area contributed by atoms with E-state index in [-0.39, 0.29) is 63.1 Å². The number of nitrogens with two attached hydrogens (primary N) is 3. The standard InChI is InChI=1S/C45H68N12O12S2/c1-5-23(2)35-42(67)52-27-15-16-34(61)49-17-7-6-9-26(37(62)50-21-33(47)60)51-41(66)31-10-8-18-57(31)44(69)30(55-39(64)29(20-32(46)59)53-38(27)63)22-70-71-45(3,4)36(48)43(68)54-28(40(65)56-35)19-24-11-13-25(58)14-12-24/h11-14,23,26-31,35-36,58H,5-10,15-22,48H2,1-4H3,(H2,46,59)(H2,47,60)(H,49,61)(H,50,62)(H,51,66)(H,52,67)(H,53,63)(H,54,68)(H,55,64)(H,56,65)/t23-,26-,27-,28-,29-,30+,31-,35+,36+/m1/s1. The smallest absolute Gasteiger partial charge is 0.246 e. The molecule has 0 aliphatic carbocycles. The van der Waals surface area contributed by atoms with Crippen molar-refractivity contribution < 1.29 is 57.8 Å². The highest BCUT2D eigenvalue weighted by atomic mass is 33.1. The number of phenolic OH excluding ortho intramolecular Hbond substituents is 1. The Morgan fingerprint density at radius 2 is 1.45 bits per heavy atom. The summed E-state index contributed by atoms with van der Waals surface area (Å²) in [7, 11) is 2.10. The SMILES string of the molecule is CC[C@@H](C)[C@@H]1NC(=O)[C@@H](Cc2ccc(O)cc2)NC(=O)[C@H](N)C(C)(C)SSC[C@@H]2NC(=O)[C@@H](CC(N)=O)NC(=O)[C@@H](CCC(=O)NCCCC[C@H](C(=O)NCC(N)=O)NC(=O)[C@H]3CCCN3C2=O)NC1=O. The molecule has 0 aromatic heterocycles. The van der Waals surface area contributed by atoms with Crippen LogP contribution in [-0.4, -0.2) is 153 Å². The summed E-state index contributed by atoms with van der Waals surface area (Å²) in [6.45, 7) is 6.34. The zero-order chi connectivity index (χ0) is 52.6. The van der Waals surface area contributed by atoms with E-state index in [9.17, 15) is 57.8 Å². The fourth-order valence-electron chi connectivity index (χ4n) is 7.98. The predicted octanol–water partition coefficient (Wildman–Crippen LogP) is -3.06. The van der Waals surface area contributed by atoms with Gasteiger partial charge in [0.25, 0.3) is 0 Å². The fraction of sp³-hybridized carbons (Fsp3) is 0.622. The van der Waals surface area contributed by atoms with Crippen molar-refractivity contribution in [3.05, 3.63) is 29.8 Å². The maximum Gasteiger partial charge on any atom is 0.246 e. The van der Waals surface area contributed by atoms with Crippen LogP contribution in [0.2, 0.25) is 0 Å². The topological polar surface area (TPSA) is 386 Å². The molecule has 392 valence electrons. The average Bonchev–Trinajstić information content (AvgIpc) is 3.82. The number of hydrogen-bond acceptors (Lipinski definition) is 15. The van der Waals surface area contributed by atoms with Gasteiger partial charge in [-0.1, -0.05) is 54.0 Å². The van der Waals surface area contributed by atoms with E-state index in [1.165, 1.54) is 17.0 Å². The van der Waals surface area contributed by atoms with Gasteiger partial charge >= 0.3 is 0 Å². The summed E-state index contributed by atoms with van der Waals surface area (Å²) in [5.41, 5.74) is 17.9. The Bertz CT molecular complexity index is 2150. The maximum atomic E-state index is 14.7. The number of carbonyl (C=O) groups is 11. The van der Waals surface area contributed by atoms with E-state index in [0.717, 1.165) is 21.6 Å². The number of nitrogens with one attached hydrogen (secondary N) is 8. The van der Waals surface area contributed by atoms with Crippen molar-refractivity contribution in [2.75, 3.05) is 25.4 Å². The molecule has 0 radical (unpaired) electrons. The molecule has 3 aliphatic rings. The number of nitrogens with zero attached hydrogens (tertiary/aromatic N) is 1. The van der Waals surface area contributed by atoms with E-state index in [0.29, 0.717) is 24.8 Å². The van der Waals surface area contributed by atoms with Gasteiger partial charge in [-0.3, -0.25) is 52.7 Å². The van der Waals surface area contributed by atoms with Gasteiger partial charge in [0.1, 0.15) is 48.0 Å². The van der Waals surface area contributed by atoms with Gasteiger partial charge < -0.3 is 69.7 Å². The summed E-state index contributed by atoms with van der Waals surface area (Å²) in [6.07, 6.45) is -0.115. The molecule has 1 aromatic carbocycles. The average molecular weight is 1030 g/mol. The Morgan fingerprint density at radius 3 is 2.11 bits per heavy atom. The molecule has 11 amide bonds. The maximum absolute atomic E-state index is 14.7. The van der Waals surface area contributed by atoms with Gasteiger partial charge in [-0.05, 0) is 76.0 Å². The van der Waals surface area contributed by atoms with Crippen LogP contribution in [0.15, 0.2) is 24.3 Å². The normalized spacial score (nSPS) is 27.6. The number of phenols is 1. The molecule has 71 heavy (non-hydrogen) atoms. The van der Waals surface area contributed by atoms with Gasteiger partial charge in [-0.15, -0.1) is 0 Å². The van der Waals surface area contributed by atoms with Crippen molar-refractivity contribution >= 4 is 86.6 Å². The number of fused-ring (bicyclic) bond motifs is 7. The highest BCUT2D eigenvalue weighted by molar-refractivity contribution is 8.77. The van der Waals surface area contributed by atoms with Crippen LogP contribution in [0.3, 0.4) is 0 Å². The first-order valence-electron chi connectivity index (χ1n) is 23.6. The number of hydrogen-bond donors (Lipinski definition) is 12. The largest absolute Gasteiger partial charge is 0.508 e. The van der Waals surface area contributed by atoms with Gasteiger partial charge in [0.2, 0.25) is 65.0 Å². The lowest BCUT2D eigenvalue weighted by Crippen LogP contribution is -2.62. The quantitative estimate of drug-likeness (QED) is 0.109. The fourth-order valence-corrected chi connectivity index (χ4v) is 10.8. The zero-order valence-electron chi connectivity index (χ0n) is 40.3. The Kier molecular flexibility index (Phi) is 21.7. The van der Waals surface area contributed by atoms with Crippen LogP contribution in [0.5, 0.6) is 5.75 Å². The number of amides is 11. The summed E-state index contributed by atoms with van der Waals surface area (Å²) in [6, 6.07) is -5.17. The molecular formula is C45H68N12O12S2. The Labute approximate surface area is 419 Å². The molecule has 3 heterocycles. The third-order valence-corrected chi connectivity index (χ3v) is 15.8. The van der Waals surface area contributed by atoms with Gasteiger partial charge in [0.15, 0.2) is 0 Å². The summed E-state index contributed by atoms with van der Waals surface area (Å²) in [4.78, 5) is 152. The molecule has 0 saturated carbocycles. The van der Waals surface area contributed by atoms with E-state index in [2.05, 4.69) is 42.5 Å². The van der Waals surface area contributed by atoms with Crippen LogP contribution in [0.4, 0.5) is 0 Å². The lowest BCUT2D eigenvalue weighted by atomic mass is 9.96. The van der Waals surface area contributed by atoms with E-state index in [4.69, 9.17) is 17.2 Å². The molecule has 1 aromatic rings. The van der Waals surface area contributed by atoms with E-state index >= 15 is 0 Å². The summed E-state index contributed by atoms with van der Waals surface area (Å²) < 4.78 is -1.15. The molecule has 4 rings (SSSR count). The molecule has 3 saturated heterocycles. The molecule has 3 aliphatic heterocycles. The predicted molar refractivity (Wildman–Crippen MR) is 262 cm³/mol. The summed E-state index contributed by atoms with van der Waals surface area (Å²) >= 11 is 0. The van der Waals surface area contributed by atoms with Crippen LogP contribution in [-0.2, 0) is 59.2 Å². The highest BCUT2D eigenvalue weighted by Gasteiger charge is 2.42. The molecule has 15 N–H and O–H groups in total. The zero-order valence-corrected chi connectivity index (χ0v) is 42.0. The van der Waals surface area contributed by atoms with Crippen molar-refractivity contribution in [2.24, 2.45) is 23.1 Å². The van der Waals surface area contributed by atoms with Gasteiger partial charge in [0.05, 0.1) is 19.0 Å². The van der Waals surface area contributed by atoms with E-state index in [1.807, 2.05) is 0 Å². The van der Waals surface area contributed by atoms with Crippen LogP contribution in [0, 0.1) is 5.92 Å². The first-order valence-corrected chi connectivity index (χ1v) is 25.9. The number of rotatable bonds is 9. The van der Waals surface area contributed by atoms with E-state index < -0.39 is 137 Å². The van der Waals surface area contributed by atoms with Crippen LogP contribution >= 0.6 is 21.6 Å². The molecule has 0 spiro atoms. The number of benzene rings is 1. The third-order valence-electron chi connectivity index (χ3n) is 12.4. The van der Waals surface area contributed by atoms with Crippen molar-refractivity contribution in [3.8, 4) is 5.75 Å². The Balaban J connectivity index is 1.84. The first kappa shape index (κ1) is 57.4.